The number of halogens is 2. The highest BCUT2D eigenvalue weighted by molar-refractivity contribution is 6.39. The first kappa shape index (κ1) is 15.4. The molecule has 0 heterocycles. The zero-order chi connectivity index (χ0) is 14.4. The minimum Gasteiger partial charge on any atom is -0.396 e. The molecule has 0 atom stereocenters. The van der Waals surface area contributed by atoms with E-state index in [4.69, 9.17) is 34.7 Å². The summed E-state index contributed by atoms with van der Waals surface area (Å²) in [5.41, 5.74) is 11.9. The van der Waals surface area contributed by atoms with Gasteiger partial charge in [0.25, 0.3) is 0 Å². The van der Waals surface area contributed by atoms with E-state index in [-0.39, 0.29) is 21.6 Å². The van der Waals surface area contributed by atoms with Crippen molar-refractivity contribution in [2.75, 3.05) is 12.3 Å². The number of hydrogen-bond acceptors (Lipinski definition) is 4. The number of carbonyl (C=O) groups excluding carboxylic acids is 1. The van der Waals surface area contributed by atoms with Gasteiger partial charge in [-0.25, -0.2) is 4.79 Å². The van der Waals surface area contributed by atoms with Crippen molar-refractivity contribution in [2.45, 2.75) is 13.3 Å². The van der Waals surface area contributed by atoms with Crippen LogP contribution < -0.4 is 16.8 Å². The van der Waals surface area contributed by atoms with E-state index < -0.39 is 6.09 Å². The molecule has 0 bridgehead atoms. The minimum atomic E-state index is -0.683. The molecular formula is C11H14Cl2N4O2. The van der Waals surface area contributed by atoms with Crippen molar-refractivity contribution in [3.8, 4) is 0 Å². The van der Waals surface area contributed by atoms with Crippen molar-refractivity contribution in [3.63, 3.8) is 0 Å². The Hall–Kier alpha value is -1.66. The number of nitrogen functional groups attached to an aromatic ring is 1. The van der Waals surface area contributed by atoms with Crippen molar-refractivity contribution >= 4 is 40.8 Å². The van der Waals surface area contributed by atoms with Gasteiger partial charge in [0.1, 0.15) is 0 Å². The maximum atomic E-state index is 11.2. The lowest BCUT2D eigenvalue weighted by Crippen LogP contribution is -2.24. The third kappa shape index (κ3) is 4.50. The van der Waals surface area contributed by atoms with Gasteiger partial charge in [-0.1, -0.05) is 35.3 Å². The molecule has 1 aromatic carbocycles. The Balaban J connectivity index is 2.77. The first-order valence-electron chi connectivity index (χ1n) is 5.49. The number of amides is 1. The summed E-state index contributed by atoms with van der Waals surface area (Å²) in [7, 11) is 0. The highest BCUT2D eigenvalue weighted by Gasteiger charge is 2.09. The molecule has 0 saturated carbocycles. The van der Waals surface area contributed by atoms with Crippen LogP contribution in [-0.4, -0.2) is 18.5 Å². The number of anilines is 1. The van der Waals surface area contributed by atoms with Crippen molar-refractivity contribution in [2.24, 2.45) is 10.9 Å². The van der Waals surface area contributed by atoms with Crippen LogP contribution in [0.1, 0.15) is 18.9 Å². The Morgan fingerprint density at radius 1 is 1.42 bits per heavy atom. The molecule has 104 valence electrons. The largest absolute Gasteiger partial charge is 0.433 e. The van der Waals surface area contributed by atoms with Gasteiger partial charge in [-0.3, -0.25) is 4.84 Å². The predicted octanol–water partition coefficient (Wildman–Crippen LogP) is 2.33. The molecule has 0 aromatic heterocycles. The van der Waals surface area contributed by atoms with Gasteiger partial charge in [-0.15, -0.1) is 0 Å². The molecular weight excluding hydrogens is 291 g/mol. The van der Waals surface area contributed by atoms with E-state index in [0.29, 0.717) is 12.1 Å². The highest BCUT2D eigenvalue weighted by atomic mass is 35.5. The van der Waals surface area contributed by atoms with E-state index in [1.54, 1.807) is 0 Å². The van der Waals surface area contributed by atoms with Crippen LogP contribution >= 0.6 is 23.2 Å². The van der Waals surface area contributed by atoms with Gasteiger partial charge in [0.05, 0.1) is 15.7 Å². The second-order valence-electron chi connectivity index (χ2n) is 3.64. The average Bonchev–Trinajstić information content (AvgIpc) is 2.39. The quantitative estimate of drug-likeness (QED) is 0.261. The lowest BCUT2D eigenvalue weighted by molar-refractivity contribution is 0.150. The number of benzene rings is 1. The monoisotopic (exact) mass is 304 g/mol. The molecule has 19 heavy (non-hydrogen) atoms. The standard InChI is InChI=1S/C11H14Cl2N4O2/c1-2-3-16-11(18)19-17-10(15)6-4-7(12)9(14)8(13)5-6/h4-5H,2-3,14H2,1H3,(H2,15,17)(H,16,18). The molecule has 0 aliphatic rings. The highest BCUT2D eigenvalue weighted by Crippen LogP contribution is 2.28. The number of carbonyl (C=O) groups is 1. The van der Waals surface area contributed by atoms with Crippen LogP contribution in [0.4, 0.5) is 10.5 Å². The summed E-state index contributed by atoms with van der Waals surface area (Å²) in [6.45, 7) is 2.41. The smallest absolute Gasteiger partial charge is 0.396 e. The third-order valence-corrected chi connectivity index (χ3v) is 2.75. The van der Waals surface area contributed by atoms with Gasteiger partial charge in [0, 0.05) is 12.1 Å². The summed E-state index contributed by atoms with van der Waals surface area (Å²) in [4.78, 5) is 15.7. The first-order valence-corrected chi connectivity index (χ1v) is 6.24. The zero-order valence-corrected chi connectivity index (χ0v) is 11.8. The molecule has 1 aromatic rings. The van der Waals surface area contributed by atoms with Crippen molar-refractivity contribution in [1.29, 1.82) is 0 Å². The molecule has 0 aliphatic heterocycles. The van der Waals surface area contributed by atoms with E-state index in [1.807, 2.05) is 6.92 Å². The van der Waals surface area contributed by atoms with Crippen LogP contribution in [0, 0.1) is 0 Å². The third-order valence-electron chi connectivity index (χ3n) is 2.12. The summed E-state index contributed by atoms with van der Waals surface area (Å²) in [5, 5.41) is 6.45. The predicted molar refractivity (Wildman–Crippen MR) is 76.4 cm³/mol. The van der Waals surface area contributed by atoms with Crippen LogP contribution in [0.3, 0.4) is 0 Å². The Kier molecular flexibility index (Phi) is 5.72. The van der Waals surface area contributed by atoms with Gasteiger partial charge in [0.15, 0.2) is 5.84 Å². The topological polar surface area (TPSA) is 103 Å². The van der Waals surface area contributed by atoms with Gasteiger partial charge < -0.3 is 16.8 Å². The maximum Gasteiger partial charge on any atom is 0.433 e. The van der Waals surface area contributed by atoms with Crippen molar-refractivity contribution in [3.05, 3.63) is 27.7 Å². The molecule has 8 heteroatoms. The Bertz CT molecular complexity index is 482. The second-order valence-corrected chi connectivity index (χ2v) is 4.45. The Morgan fingerprint density at radius 2 is 2.00 bits per heavy atom. The van der Waals surface area contributed by atoms with Crippen LogP contribution in [0.15, 0.2) is 17.3 Å². The van der Waals surface area contributed by atoms with Crippen molar-refractivity contribution < 1.29 is 9.63 Å². The number of oxime groups is 1. The lowest BCUT2D eigenvalue weighted by Gasteiger charge is -2.06. The summed E-state index contributed by atoms with van der Waals surface area (Å²) in [5.74, 6) is -0.0320. The van der Waals surface area contributed by atoms with E-state index >= 15 is 0 Å². The Morgan fingerprint density at radius 3 is 2.53 bits per heavy atom. The van der Waals surface area contributed by atoms with E-state index in [1.165, 1.54) is 12.1 Å². The van der Waals surface area contributed by atoms with E-state index in [2.05, 4.69) is 15.3 Å². The molecule has 5 N–H and O–H groups in total. The number of hydrogen-bond donors (Lipinski definition) is 3. The molecule has 0 unspecified atom stereocenters. The molecule has 0 radical (unpaired) electrons. The average molecular weight is 305 g/mol. The van der Waals surface area contributed by atoms with E-state index in [0.717, 1.165) is 6.42 Å². The molecule has 0 fully saturated rings. The summed E-state index contributed by atoms with van der Waals surface area (Å²) < 4.78 is 0. The Labute approximate surface area is 120 Å². The lowest BCUT2D eigenvalue weighted by atomic mass is 10.2. The van der Waals surface area contributed by atoms with Gasteiger partial charge in [-0.2, -0.15) is 0 Å². The number of nitrogens with zero attached hydrogens (tertiary/aromatic N) is 1. The van der Waals surface area contributed by atoms with Crippen LogP contribution in [0.25, 0.3) is 0 Å². The number of nitrogens with one attached hydrogen (secondary N) is 1. The number of nitrogens with two attached hydrogens (primary N) is 2. The summed E-state index contributed by atoms with van der Waals surface area (Å²) in [6, 6.07) is 2.96. The van der Waals surface area contributed by atoms with Gasteiger partial charge in [0.2, 0.25) is 0 Å². The molecule has 1 rings (SSSR count). The SMILES string of the molecule is CCCNC(=O)O/N=C(/N)c1cc(Cl)c(N)c(Cl)c1. The molecule has 0 saturated heterocycles. The normalized spacial score (nSPS) is 11.2. The van der Waals surface area contributed by atoms with Crippen LogP contribution in [-0.2, 0) is 4.84 Å². The number of amidine groups is 1. The maximum absolute atomic E-state index is 11.2. The number of rotatable bonds is 4. The van der Waals surface area contributed by atoms with Crippen LogP contribution in [0.5, 0.6) is 0 Å². The molecule has 0 spiro atoms. The fourth-order valence-corrected chi connectivity index (χ4v) is 1.62. The molecule has 1 amide bonds. The zero-order valence-electron chi connectivity index (χ0n) is 10.2. The minimum absolute atomic E-state index is 0.0320. The van der Waals surface area contributed by atoms with Crippen molar-refractivity contribution in [1.82, 2.24) is 5.32 Å². The van der Waals surface area contributed by atoms with Gasteiger partial charge >= 0.3 is 6.09 Å². The molecule has 0 aliphatic carbocycles. The first-order chi connectivity index (χ1) is 8.95. The summed E-state index contributed by atoms with van der Waals surface area (Å²) in [6.07, 6.45) is 0.106. The fourth-order valence-electron chi connectivity index (χ4n) is 1.13. The molecule has 6 nitrogen and oxygen atoms in total. The van der Waals surface area contributed by atoms with E-state index in [9.17, 15) is 4.79 Å². The van der Waals surface area contributed by atoms with Gasteiger partial charge in [-0.05, 0) is 18.6 Å². The second kappa shape index (κ2) is 7.06. The summed E-state index contributed by atoms with van der Waals surface area (Å²) >= 11 is 11.7. The fraction of sp³-hybridized carbons (Fsp3) is 0.273. The van der Waals surface area contributed by atoms with Crippen LogP contribution in [0.2, 0.25) is 10.0 Å².